The summed E-state index contributed by atoms with van der Waals surface area (Å²) >= 11 is 1.61. The van der Waals surface area contributed by atoms with Crippen molar-refractivity contribution in [1.82, 2.24) is 14.8 Å². The summed E-state index contributed by atoms with van der Waals surface area (Å²) in [6.07, 6.45) is 1.78. The molecule has 0 spiro atoms. The van der Waals surface area contributed by atoms with E-state index in [2.05, 4.69) is 10.1 Å². The molecule has 0 aliphatic heterocycles. The highest BCUT2D eigenvalue weighted by Crippen LogP contribution is 2.10. The van der Waals surface area contributed by atoms with Crippen molar-refractivity contribution in [3.05, 3.63) is 28.3 Å². The number of nitrogens with two attached hydrogens (primary N) is 1. The van der Waals surface area contributed by atoms with Crippen molar-refractivity contribution in [3.8, 4) is 0 Å². The van der Waals surface area contributed by atoms with Gasteiger partial charge in [-0.15, -0.1) is 11.3 Å². The van der Waals surface area contributed by atoms with Gasteiger partial charge in [0, 0.05) is 17.6 Å². The van der Waals surface area contributed by atoms with Gasteiger partial charge in [-0.1, -0.05) is 0 Å². The van der Waals surface area contributed by atoms with Crippen molar-refractivity contribution in [1.29, 1.82) is 0 Å². The average molecular weight is 194 g/mol. The zero-order valence-corrected chi connectivity index (χ0v) is 8.08. The van der Waals surface area contributed by atoms with Crippen LogP contribution >= 0.6 is 11.3 Å². The third kappa shape index (κ3) is 1.70. The van der Waals surface area contributed by atoms with Gasteiger partial charge in [-0.3, -0.25) is 0 Å². The minimum atomic E-state index is 0.664. The summed E-state index contributed by atoms with van der Waals surface area (Å²) in [6.45, 7) is 2.59. The summed E-state index contributed by atoms with van der Waals surface area (Å²) in [5.41, 5.74) is 6.67. The molecule has 68 valence electrons. The summed E-state index contributed by atoms with van der Waals surface area (Å²) in [5, 5.41) is 7.21. The highest BCUT2D eigenvalue weighted by atomic mass is 32.1. The molecule has 0 amide bonds. The maximum Gasteiger partial charge on any atom is 0.122 e. The fourth-order valence-corrected chi connectivity index (χ4v) is 1.75. The van der Waals surface area contributed by atoms with Crippen LogP contribution in [-0.4, -0.2) is 14.8 Å². The van der Waals surface area contributed by atoms with Crippen LogP contribution in [0.1, 0.15) is 10.7 Å². The van der Waals surface area contributed by atoms with E-state index in [-0.39, 0.29) is 0 Å². The standard InChI is InChI=1S/C8H10N4S/c1-6-4-7(9)12(11-6)5-8-10-2-3-13-8/h2-4H,5,9H2,1H3. The number of rotatable bonds is 2. The van der Waals surface area contributed by atoms with Gasteiger partial charge in [0.15, 0.2) is 0 Å². The minimum absolute atomic E-state index is 0.664. The molecule has 2 aromatic heterocycles. The largest absolute Gasteiger partial charge is 0.384 e. The highest BCUT2D eigenvalue weighted by molar-refractivity contribution is 7.09. The molecule has 2 N–H and O–H groups in total. The molecule has 13 heavy (non-hydrogen) atoms. The van der Waals surface area contributed by atoms with E-state index in [1.807, 2.05) is 18.4 Å². The maximum absolute atomic E-state index is 5.74. The normalized spacial score (nSPS) is 10.5. The third-order valence-corrected chi connectivity index (χ3v) is 2.47. The van der Waals surface area contributed by atoms with Gasteiger partial charge in [0.05, 0.1) is 12.2 Å². The Bertz CT molecular complexity index is 390. The quantitative estimate of drug-likeness (QED) is 0.783. The second-order valence-corrected chi connectivity index (χ2v) is 3.77. The van der Waals surface area contributed by atoms with Crippen molar-refractivity contribution in [2.24, 2.45) is 0 Å². The Morgan fingerprint density at radius 2 is 2.46 bits per heavy atom. The van der Waals surface area contributed by atoms with Gasteiger partial charge in [0.1, 0.15) is 10.8 Å². The number of nitrogens with zero attached hydrogens (tertiary/aromatic N) is 3. The minimum Gasteiger partial charge on any atom is -0.384 e. The van der Waals surface area contributed by atoms with Crippen LogP contribution in [0.5, 0.6) is 0 Å². The highest BCUT2D eigenvalue weighted by Gasteiger charge is 2.03. The fourth-order valence-electron chi connectivity index (χ4n) is 1.15. The smallest absolute Gasteiger partial charge is 0.122 e. The molecule has 0 radical (unpaired) electrons. The second-order valence-electron chi connectivity index (χ2n) is 2.79. The van der Waals surface area contributed by atoms with E-state index in [4.69, 9.17) is 5.73 Å². The fraction of sp³-hybridized carbons (Fsp3) is 0.250. The van der Waals surface area contributed by atoms with Gasteiger partial charge in [-0.05, 0) is 6.92 Å². The zero-order chi connectivity index (χ0) is 9.26. The first kappa shape index (κ1) is 8.25. The Morgan fingerprint density at radius 1 is 1.62 bits per heavy atom. The van der Waals surface area contributed by atoms with E-state index in [1.54, 1.807) is 22.2 Å². The summed E-state index contributed by atoms with van der Waals surface area (Å²) in [4.78, 5) is 4.16. The van der Waals surface area contributed by atoms with E-state index < -0.39 is 0 Å². The molecule has 4 nitrogen and oxygen atoms in total. The van der Waals surface area contributed by atoms with Crippen LogP contribution in [0, 0.1) is 6.92 Å². The molecule has 0 aliphatic carbocycles. The van der Waals surface area contributed by atoms with Crippen molar-refractivity contribution in [3.63, 3.8) is 0 Å². The van der Waals surface area contributed by atoms with E-state index in [1.165, 1.54) is 0 Å². The second kappa shape index (κ2) is 3.18. The molecule has 0 aromatic carbocycles. The van der Waals surface area contributed by atoms with Crippen LogP contribution in [0.3, 0.4) is 0 Å². The molecule has 0 atom stereocenters. The molecular formula is C8H10N4S. The van der Waals surface area contributed by atoms with Gasteiger partial charge in [0.2, 0.25) is 0 Å². The molecule has 2 aromatic rings. The Kier molecular flexibility index (Phi) is 2.02. The predicted molar refractivity (Wildman–Crippen MR) is 52.6 cm³/mol. The molecule has 0 fully saturated rings. The summed E-state index contributed by atoms with van der Waals surface area (Å²) < 4.78 is 1.76. The van der Waals surface area contributed by atoms with Crippen molar-refractivity contribution in [2.75, 3.05) is 5.73 Å². The third-order valence-electron chi connectivity index (χ3n) is 1.70. The lowest BCUT2D eigenvalue weighted by Crippen LogP contribution is -2.05. The number of hydrogen-bond acceptors (Lipinski definition) is 4. The van der Waals surface area contributed by atoms with E-state index in [9.17, 15) is 0 Å². The van der Waals surface area contributed by atoms with E-state index in [0.717, 1.165) is 10.7 Å². The van der Waals surface area contributed by atoms with Crippen LogP contribution < -0.4 is 5.73 Å². The van der Waals surface area contributed by atoms with Crippen molar-refractivity contribution >= 4 is 17.2 Å². The van der Waals surface area contributed by atoms with Crippen LogP contribution in [0.25, 0.3) is 0 Å². The average Bonchev–Trinajstić information content (AvgIpc) is 2.63. The molecule has 0 unspecified atom stereocenters. The topological polar surface area (TPSA) is 56.7 Å². The Labute approximate surface area is 80.0 Å². The molecule has 0 saturated carbocycles. The molecular weight excluding hydrogens is 184 g/mol. The number of thiazole rings is 1. The molecule has 0 aliphatic rings. The number of anilines is 1. The van der Waals surface area contributed by atoms with E-state index >= 15 is 0 Å². The first-order chi connectivity index (χ1) is 6.25. The van der Waals surface area contributed by atoms with Crippen molar-refractivity contribution in [2.45, 2.75) is 13.5 Å². The molecule has 5 heteroatoms. The monoisotopic (exact) mass is 194 g/mol. The maximum atomic E-state index is 5.74. The number of hydrogen-bond donors (Lipinski definition) is 1. The summed E-state index contributed by atoms with van der Waals surface area (Å²) in [5.74, 6) is 0.688. The molecule has 2 rings (SSSR count). The van der Waals surface area contributed by atoms with Crippen LogP contribution in [-0.2, 0) is 6.54 Å². The van der Waals surface area contributed by atoms with Gasteiger partial charge < -0.3 is 5.73 Å². The van der Waals surface area contributed by atoms with Crippen LogP contribution in [0.15, 0.2) is 17.6 Å². The lowest BCUT2D eigenvalue weighted by molar-refractivity contribution is 0.686. The predicted octanol–water partition coefficient (Wildman–Crippen LogP) is 1.28. The first-order valence-electron chi connectivity index (χ1n) is 3.94. The lowest BCUT2D eigenvalue weighted by Gasteiger charge is -1.99. The first-order valence-corrected chi connectivity index (χ1v) is 4.82. The Balaban J connectivity index is 2.23. The van der Waals surface area contributed by atoms with E-state index in [0.29, 0.717) is 12.4 Å². The molecule has 2 heterocycles. The van der Waals surface area contributed by atoms with Crippen LogP contribution in [0.4, 0.5) is 5.82 Å². The SMILES string of the molecule is Cc1cc(N)n(Cc2nccs2)n1. The van der Waals surface area contributed by atoms with Gasteiger partial charge >= 0.3 is 0 Å². The molecule has 0 bridgehead atoms. The number of nitrogen functional groups attached to an aromatic ring is 1. The lowest BCUT2D eigenvalue weighted by atomic mass is 10.5. The van der Waals surface area contributed by atoms with Gasteiger partial charge in [-0.2, -0.15) is 5.10 Å². The number of aromatic nitrogens is 3. The Hall–Kier alpha value is -1.36. The van der Waals surface area contributed by atoms with Gasteiger partial charge in [-0.25, -0.2) is 9.67 Å². The van der Waals surface area contributed by atoms with Gasteiger partial charge in [0.25, 0.3) is 0 Å². The zero-order valence-electron chi connectivity index (χ0n) is 7.27. The molecule has 0 saturated heterocycles. The summed E-state index contributed by atoms with van der Waals surface area (Å²) in [6, 6.07) is 1.85. The van der Waals surface area contributed by atoms with Crippen molar-refractivity contribution < 1.29 is 0 Å². The number of aryl methyl sites for hydroxylation is 1. The van der Waals surface area contributed by atoms with Crippen LogP contribution in [0.2, 0.25) is 0 Å². The Morgan fingerprint density at radius 3 is 3.00 bits per heavy atom. The summed E-state index contributed by atoms with van der Waals surface area (Å²) in [7, 11) is 0.